The first-order chi connectivity index (χ1) is 11.0. The van der Waals surface area contributed by atoms with Crippen molar-refractivity contribution in [1.29, 1.82) is 0 Å². The van der Waals surface area contributed by atoms with Crippen LogP contribution < -0.4 is 15.4 Å². The molecule has 128 valence electrons. The monoisotopic (exact) mass is 318 g/mol. The number of benzene rings is 1. The van der Waals surface area contributed by atoms with Gasteiger partial charge in [-0.05, 0) is 76.6 Å². The molecule has 0 aromatic heterocycles. The van der Waals surface area contributed by atoms with Gasteiger partial charge in [0, 0.05) is 6.04 Å². The molecule has 0 aliphatic heterocycles. The topological polar surface area (TPSA) is 50.4 Å². The second-order valence-corrected chi connectivity index (χ2v) is 6.89. The molecule has 1 amide bonds. The first-order valence-electron chi connectivity index (χ1n) is 8.78. The largest absolute Gasteiger partial charge is 0.491 e. The first kappa shape index (κ1) is 17.8. The maximum Gasteiger partial charge on any atom is 0.234 e. The second-order valence-electron chi connectivity index (χ2n) is 6.89. The van der Waals surface area contributed by atoms with Crippen LogP contribution in [0.15, 0.2) is 24.3 Å². The fourth-order valence-corrected chi connectivity index (χ4v) is 2.50. The maximum absolute atomic E-state index is 11.8. The second kappa shape index (κ2) is 8.92. The van der Waals surface area contributed by atoms with E-state index in [-0.39, 0.29) is 18.1 Å². The minimum Gasteiger partial charge on any atom is -0.491 e. The van der Waals surface area contributed by atoms with Crippen LogP contribution in [0.2, 0.25) is 0 Å². The predicted molar refractivity (Wildman–Crippen MR) is 93.7 cm³/mol. The molecule has 0 bridgehead atoms. The summed E-state index contributed by atoms with van der Waals surface area (Å²) in [7, 11) is 0. The smallest absolute Gasteiger partial charge is 0.234 e. The lowest BCUT2D eigenvalue weighted by molar-refractivity contribution is -0.120. The number of ether oxygens (including phenoxy) is 1. The molecular formula is C19H30N2O2. The molecule has 1 aromatic carbocycles. The van der Waals surface area contributed by atoms with E-state index in [0.717, 1.165) is 31.1 Å². The molecule has 2 rings (SSSR count). The summed E-state index contributed by atoms with van der Waals surface area (Å²) in [5.74, 6) is 1.81. The molecule has 0 heterocycles. The molecule has 1 aromatic rings. The minimum absolute atomic E-state index is 0.0961. The van der Waals surface area contributed by atoms with Gasteiger partial charge in [0.2, 0.25) is 5.91 Å². The molecular weight excluding hydrogens is 288 g/mol. The quantitative estimate of drug-likeness (QED) is 0.697. The fourth-order valence-electron chi connectivity index (χ4n) is 2.50. The van der Waals surface area contributed by atoms with Gasteiger partial charge >= 0.3 is 0 Å². The standard InChI is InChI=1S/C19H30N2O2/c1-14(2)23-18-10-8-16(9-11-18)5-4-15(3)21-19(22)13-20-12-17-6-7-17/h8-11,14-15,17,20H,4-7,12-13H2,1-3H3,(H,21,22). The molecule has 1 unspecified atom stereocenters. The van der Waals surface area contributed by atoms with Crippen molar-refractivity contribution in [2.75, 3.05) is 13.1 Å². The van der Waals surface area contributed by atoms with Crippen LogP contribution in [-0.2, 0) is 11.2 Å². The number of aryl methyl sites for hydroxylation is 1. The lowest BCUT2D eigenvalue weighted by Gasteiger charge is -2.15. The van der Waals surface area contributed by atoms with Gasteiger partial charge in [0.1, 0.15) is 5.75 Å². The van der Waals surface area contributed by atoms with Crippen molar-refractivity contribution in [3.05, 3.63) is 29.8 Å². The summed E-state index contributed by atoms with van der Waals surface area (Å²) in [6, 6.07) is 8.42. The maximum atomic E-state index is 11.8. The minimum atomic E-state index is 0.0961. The predicted octanol–water partition coefficient (Wildman–Crippen LogP) is 2.91. The van der Waals surface area contributed by atoms with E-state index in [9.17, 15) is 4.79 Å². The number of hydrogen-bond donors (Lipinski definition) is 2. The summed E-state index contributed by atoms with van der Waals surface area (Å²) in [6.45, 7) is 7.53. The summed E-state index contributed by atoms with van der Waals surface area (Å²) in [5, 5.41) is 6.28. The highest BCUT2D eigenvalue weighted by Crippen LogP contribution is 2.27. The van der Waals surface area contributed by atoms with Gasteiger partial charge in [0.15, 0.2) is 0 Å². The van der Waals surface area contributed by atoms with Crippen LogP contribution in [0.3, 0.4) is 0 Å². The molecule has 1 saturated carbocycles. The van der Waals surface area contributed by atoms with E-state index < -0.39 is 0 Å². The molecule has 1 fully saturated rings. The molecule has 23 heavy (non-hydrogen) atoms. The van der Waals surface area contributed by atoms with Crippen LogP contribution in [0.5, 0.6) is 5.75 Å². The van der Waals surface area contributed by atoms with Gasteiger partial charge in [0.25, 0.3) is 0 Å². The van der Waals surface area contributed by atoms with Gasteiger partial charge in [0.05, 0.1) is 12.6 Å². The van der Waals surface area contributed by atoms with Crippen molar-refractivity contribution >= 4 is 5.91 Å². The number of hydrogen-bond acceptors (Lipinski definition) is 3. The molecule has 0 spiro atoms. The highest BCUT2D eigenvalue weighted by Gasteiger charge is 2.20. The Kier molecular flexibility index (Phi) is 6.90. The third-order valence-corrected chi connectivity index (χ3v) is 3.98. The van der Waals surface area contributed by atoms with E-state index in [4.69, 9.17) is 4.74 Å². The highest BCUT2D eigenvalue weighted by atomic mass is 16.5. The Labute approximate surface area is 140 Å². The first-order valence-corrected chi connectivity index (χ1v) is 8.78. The van der Waals surface area contributed by atoms with Crippen LogP contribution in [0.1, 0.15) is 45.6 Å². The zero-order valence-corrected chi connectivity index (χ0v) is 14.6. The molecule has 2 N–H and O–H groups in total. The third kappa shape index (κ3) is 7.51. The molecule has 0 saturated heterocycles. The summed E-state index contributed by atoms with van der Waals surface area (Å²) in [5.41, 5.74) is 1.27. The van der Waals surface area contributed by atoms with E-state index in [1.165, 1.54) is 18.4 Å². The van der Waals surface area contributed by atoms with Crippen molar-refractivity contribution in [2.24, 2.45) is 5.92 Å². The Morgan fingerprint density at radius 2 is 1.91 bits per heavy atom. The molecule has 1 atom stereocenters. The summed E-state index contributed by atoms with van der Waals surface area (Å²) >= 11 is 0. The van der Waals surface area contributed by atoms with Crippen LogP contribution in [0, 0.1) is 5.92 Å². The number of amides is 1. The van der Waals surface area contributed by atoms with Gasteiger partial charge in [-0.2, -0.15) is 0 Å². The summed E-state index contributed by atoms with van der Waals surface area (Å²) in [4.78, 5) is 11.8. The Balaban J connectivity index is 1.62. The van der Waals surface area contributed by atoms with Crippen LogP contribution in [-0.4, -0.2) is 31.1 Å². The number of rotatable bonds is 10. The molecule has 4 nitrogen and oxygen atoms in total. The average molecular weight is 318 g/mol. The van der Waals surface area contributed by atoms with Crippen LogP contribution in [0.25, 0.3) is 0 Å². The van der Waals surface area contributed by atoms with Crippen LogP contribution >= 0.6 is 0 Å². The van der Waals surface area contributed by atoms with Gasteiger partial charge in [-0.3, -0.25) is 4.79 Å². The zero-order chi connectivity index (χ0) is 16.7. The van der Waals surface area contributed by atoms with Gasteiger partial charge < -0.3 is 15.4 Å². The normalized spacial score (nSPS) is 15.5. The van der Waals surface area contributed by atoms with Gasteiger partial charge in [-0.25, -0.2) is 0 Å². The van der Waals surface area contributed by atoms with Crippen LogP contribution in [0.4, 0.5) is 0 Å². The molecule has 0 radical (unpaired) electrons. The number of carbonyl (C=O) groups is 1. The Bertz CT molecular complexity index is 481. The van der Waals surface area contributed by atoms with Crippen molar-refractivity contribution in [3.63, 3.8) is 0 Å². The number of carbonyl (C=O) groups excluding carboxylic acids is 1. The Hall–Kier alpha value is -1.55. The highest BCUT2D eigenvalue weighted by molar-refractivity contribution is 5.78. The lowest BCUT2D eigenvalue weighted by Crippen LogP contribution is -2.39. The van der Waals surface area contributed by atoms with E-state index in [1.54, 1.807) is 0 Å². The van der Waals surface area contributed by atoms with Gasteiger partial charge in [-0.1, -0.05) is 12.1 Å². The average Bonchev–Trinajstić information content (AvgIpc) is 3.30. The van der Waals surface area contributed by atoms with E-state index in [0.29, 0.717) is 6.54 Å². The van der Waals surface area contributed by atoms with Crippen molar-refractivity contribution in [3.8, 4) is 5.75 Å². The Morgan fingerprint density at radius 1 is 1.22 bits per heavy atom. The lowest BCUT2D eigenvalue weighted by atomic mass is 10.1. The van der Waals surface area contributed by atoms with Gasteiger partial charge in [-0.15, -0.1) is 0 Å². The zero-order valence-electron chi connectivity index (χ0n) is 14.6. The fraction of sp³-hybridized carbons (Fsp3) is 0.632. The molecule has 1 aliphatic rings. The van der Waals surface area contributed by atoms with E-state index in [1.807, 2.05) is 26.0 Å². The summed E-state index contributed by atoms with van der Waals surface area (Å²) < 4.78 is 5.64. The molecule has 1 aliphatic carbocycles. The number of nitrogens with one attached hydrogen (secondary N) is 2. The Morgan fingerprint density at radius 3 is 2.52 bits per heavy atom. The molecule has 4 heteroatoms. The van der Waals surface area contributed by atoms with Crippen molar-refractivity contribution < 1.29 is 9.53 Å². The summed E-state index contributed by atoms with van der Waals surface area (Å²) in [6.07, 6.45) is 4.72. The van der Waals surface area contributed by atoms with Crippen molar-refractivity contribution in [1.82, 2.24) is 10.6 Å². The SMILES string of the molecule is CC(CCc1ccc(OC(C)C)cc1)NC(=O)CNCC1CC1. The van der Waals surface area contributed by atoms with Crippen molar-refractivity contribution in [2.45, 2.75) is 58.6 Å². The third-order valence-electron chi connectivity index (χ3n) is 3.98. The van der Waals surface area contributed by atoms with E-state index in [2.05, 4.69) is 29.7 Å². The van der Waals surface area contributed by atoms with E-state index >= 15 is 0 Å².